The fourth-order valence-corrected chi connectivity index (χ4v) is 2.36. The second-order valence-corrected chi connectivity index (χ2v) is 6.13. The Kier molecular flexibility index (Phi) is 4.88. The third kappa shape index (κ3) is 3.74. The summed E-state index contributed by atoms with van der Waals surface area (Å²) in [5.41, 5.74) is 1.97. The minimum Gasteiger partial charge on any atom is -0.272 e. The highest BCUT2D eigenvalue weighted by Gasteiger charge is 2.09. The van der Waals surface area contributed by atoms with Crippen LogP contribution in [0.4, 0.5) is 0 Å². The summed E-state index contributed by atoms with van der Waals surface area (Å²) in [7, 11) is 0. The fraction of sp³-hybridized carbons (Fsp3) is 0.429. The number of thioether (sulfide) groups is 1. The summed E-state index contributed by atoms with van der Waals surface area (Å²) in [6, 6.07) is 2.06. The number of aromatic nitrogens is 3. The molecule has 0 N–H and O–H groups in total. The number of rotatable bonds is 5. The van der Waals surface area contributed by atoms with Gasteiger partial charge in [0.15, 0.2) is 0 Å². The number of hydrogen-bond acceptors (Lipinski definition) is 3. The van der Waals surface area contributed by atoms with Crippen molar-refractivity contribution < 1.29 is 0 Å². The van der Waals surface area contributed by atoms with E-state index in [0.717, 1.165) is 29.0 Å². The van der Waals surface area contributed by atoms with Crippen LogP contribution in [-0.4, -0.2) is 21.0 Å². The molecule has 3 nitrogen and oxygen atoms in total. The molecule has 0 aliphatic heterocycles. The second-order valence-electron chi connectivity index (χ2n) is 4.89. The molecule has 102 valence electrons. The molecule has 0 fully saturated rings. The molecule has 5 heteroatoms. The van der Waals surface area contributed by atoms with Crippen LogP contribution in [0.5, 0.6) is 0 Å². The Labute approximate surface area is 123 Å². The molecule has 2 aromatic heterocycles. The minimum absolute atomic E-state index is 0.529. The van der Waals surface area contributed by atoms with Crippen LogP contribution in [-0.2, 0) is 6.54 Å². The Bertz CT molecular complexity index is 551. The van der Waals surface area contributed by atoms with Gasteiger partial charge in [0.25, 0.3) is 0 Å². The van der Waals surface area contributed by atoms with E-state index in [9.17, 15) is 0 Å². The van der Waals surface area contributed by atoms with E-state index in [1.165, 1.54) is 0 Å². The molecule has 0 atom stereocenters. The van der Waals surface area contributed by atoms with Gasteiger partial charge in [0.05, 0.1) is 6.20 Å². The Hall–Kier alpha value is -1.00. The maximum atomic E-state index is 6.17. The Morgan fingerprint density at radius 1 is 1.37 bits per heavy atom. The summed E-state index contributed by atoms with van der Waals surface area (Å²) in [6.07, 6.45) is 8.83. The molecule has 0 amide bonds. The van der Waals surface area contributed by atoms with E-state index in [1.807, 2.05) is 23.3 Å². The molecular weight excluding hydrogens is 278 g/mol. The van der Waals surface area contributed by atoms with Gasteiger partial charge >= 0.3 is 0 Å². The zero-order valence-corrected chi connectivity index (χ0v) is 13.0. The fourth-order valence-electron chi connectivity index (χ4n) is 1.76. The molecule has 0 spiro atoms. The molecule has 0 unspecified atom stereocenters. The zero-order valence-electron chi connectivity index (χ0n) is 11.4. The summed E-state index contributed by atoms with van der Waals surface area (Å²) < 4.78 is 1.97. The van der Waals surface area contributed by atoms with Crippen molar-refractivity contribution in [2.75, 3.05) is 6.26 Å². The van der Waals surface area contributed by atoms with Gasteiger partial charge in [-0.2, -0.15) is 5.10 Å². The van der Waals surface area contributed by atoms with Crippen LogP contribution >= 0.6 is 23.4 Å². The Balaban J connectivity index is 2.22. The average molecular weight is 296 g/mol. The summed E-state index contributed by atoms with van der Waals surface area (Å²) >= 11 is 7.83. The highest BCUT2D eigenvalue weighted by Crippen LogP contribution is 2.29. The average Bonchev–Trinajstić information content (AvgIpc) is 2.85. The van der Waals surface area contributed by atoms with E-state index in [4.69, 9.17) is 11.6 Å². The summed E-state index contributed by atoms with van der Waals surface area (Å²) in [5, 5.41) is 4.91. The van der Waals surface area contributed by atoms with E-state index in [1.54, 1.807) is 18.0 Å². The van der Waals surface area contributed by atoms with Crippen molar-refractivity contribution >= 4 is 23.4 Å². The van der Waals surface area contributed by atoms with Crippen LogP contribution in [0.15, 0.2) is 29.6 Å². The molecule has 0 radical (unpaired) electrons. The number of hydrogen-bond donors (Lipinski definition) is 0. The summed E-state index contributed by atoms with van der Waals surface area (Å²) in [6.45, 7) is 5.37. The van der Waals surface area contributed by atoms with Gasteiger partial charge in [-0.15, -0.1) is 11.8 Å². The number of pyridine rings is 1. The van der Waals surface area contributed by atoms with Crippen LogP contribution in [0.25, 0.3) is 11.1 Å². The van der Waals surface area contributed by atoms with E-state index in [0.29, 0.717) is 11.1 Å². The van der Waals surface area contributed by atoms with Gasteiger partial charge < -0.3 is 0 Å². The van der Waals surface area contributed by atoms with Crippen LogP contribution in [0.2, 0.25) is 5.15 Å². The SMILES string of the molecule is CSc1cnc(Cl)c(-c2cnn(CCC(C)C)c2)c1. The van der Waals surface area contributed by atoms with Gasteiger partial charge in [-0.1, -0.05) is 25.4 Å². The predicted octanol–water partition coefficient (Wildman–Crippen LogP) is 4.37. The van der Waals surface area contributed by atoms with Gasteiger partial charge in [-0.3, -0.25) is 4.68 Å². The number of nitrogens with zero attached hydrogens (tertiary/aromatic N) is 3. The summed E-state index contributed by atoms with van der Waals surface area (Å²) in [4.78, 5) is 5.32. The molecule has 19 heavy (non-hydrogen) atoms. The van der Waals surface area contributed by atoms with Gasteiger partial charge in [-0.25, -0.2) is 4.98 Å². The lowest BCUT2D eigenvalue weighted by Gasteiger charge is -2.04. The predicted molar refractivity (Wildman–Crippen MR) is 81.7 cm³/mol. The number of aryl methyl sites for hydroxylation is 1. The Morgan fingerprint density at radius 2 is 2.16 bits per heavy atom. The monoisotopic (exact) mass is 295 g/mol. The standard InChI is InChI=1S/C14H18ClN3S/c1-10(2)4-5-18-9-11(7-17-18)13-6-12(19-3)8-16-14(13)15/h6-10H,4-5H2,1-3H3. The van der Waals surface area contributed by atoms with Gasteiger partial charge in [0, 0.05) is 35.0 Å². The highest BCUT2D eigenvalue weighted by molar-refractivity contribution is 7.98. The van der Waals surface area contributed by atoms with E-state index in [2.05, 4.69) is 30.0 Å². The molecule has 0 aromatic carbocycles. The van der Waals surface area contributed by atoms with Crippen molar-refractivity contribution in [3.05, 3.63) is 29.8 Å². The van der Waals surface area contributed by atoms with Gasteiger partial charge in [0.2, 0.25) is 0 Å². The largest absolute Gasteiger partial charge is 0.272 e. The molecular formula is C14H18ClN3S. The number of halogens is 1. The normalized spacial score (nSPS) is 11.2. The van der Waals surface area contributed by atoms with E-state index in [-0.39, 0.29) is 0 Å². The maximum absolute atomic E-state index is 6.17. The van der Waals surface area contributed by atoms with Crippen molar-refractivity contribution in [1.82, 2.24) is 14.8 Å². The lowest BCUT2D eigenvalue weighted by molar-refractivity contribution is 0.487. The molecule has 0 aliphatic carbocycles. The maximum Gasteiger partial charge on any atom is 0.137 e. The van der Waals surface area contributed by atoms with Crippen molar-refractivity contribution in [3.63, 3.8) is 0 Å². The molecule has 0 aliphatic rings. The highest BCUT2D eigenvalue weighted by atomic mass is 35.5. The molecule has 2 rings (SSSR count). The third-order valence-corrected chi connectivity index (χ3v) is 3.93. The quantitative estimate of drug-likeness (QED) is 0.606. The zero-order chi connectivity index (χ0) is 13.8. The molecule has 0 saturated heterocycles. The van der Waals surface area contributed by atoms with Gasteiger partial charge in [0.1, 0.15) is 5.15 Å². The van der Waals surface area contributed by atoms with Crippen molar-refractivity contribution in [3.8, 4) is 11.1 Å². The van der Waals surface area contributed by atoms with Gasteiger partial charge in [-0.05, 0) is 24.7 Å². The first kappa shape index (κ1) is 14.4. The first-order chi connectivity index (χ1) is 9.10. The molecule has 2 heterocycles. The third-order valence-electron chi connectivity index (χ3n) is 2.93. The van der Waals surface area contributed by atoms with Crippen molar-refractivity contribution in [2.24, 2.45) is 5.92 Å². The van der Waals surface area contributed by atoms with Crippen LogP contribution in [0.1, 0.15) is 20.3 Å². The topological polar surface area (TPSA) is 30.7 Å². The first-order valence-corrected chi connectivity index (χ1v) is 7.92. The first-order valence-electron chi connectivity index (χ1n) is 6.32. The van der Waals surface area contributed by atoms with E-state index >= 15 is 0 Å². The molecule has 0 bridgehead atoms. The van der Waals surface area contributed by atoms with Crippen molar-refractivity contribution in [1.29, 1.82) is 0 Å². The second kappa shape index (κ2) is 6.44. The van der Waals surface area contributed by atoms with E-state index < -0.39 is 0 Å². The molecule has 0 saturated carbocycles. The van der Waals surface area contributed by atoms with Crippen molar-refractivity contribution in [2.45, 2.75) is 31.7 Å². The van der Waals surface area contributed by atoms with Crippen LogP contribution < -0.4 is 0 Å². The lowest BCUT2D eigenvalue weighted by atomic mass is 10.1. The summed E-state index contributed by atoms with van der Waals surface area (Å²) in [5.74, 6) is 0.678. The minimum atomic E-state index is 0.529. The van der Waals surface area contributed by atoms with Crippen LogP contribution in [0.3, 0.4) is 0 Å². The lowest BCUT2D eigenvalue weighted by Crippen LogP contribution is -2.01. The smallest absolute Gasteiger partial charge is 0.137 e. The van der Waals surface area contributed by atoms with Crippen LogP contribution in [0, 0.1) is 5.92 Å². The Morgan fingerprint density at radius 3 is 2.84 bits per heavy atom. The molecule has 2 aromatic rings.